The minimum Gasteiger partial charge on any atom is -0.497 e. The lowest BCUT2D eigenvalue weighted by Gasteiger charge is -2.18. The van der Waals surface area contributed by atoms with Gasteiger partial charge in [0.15, 0.2) is 0 Å². The summed E-state index contributed by atoms with van der Waals surface area (Å²) < 4.78 is 5.20. The summed E-state index contributed by atoms with van der Waals surface area (Å²) in [5.74, 6) is 0.874. The fourth-order valence-corrected chi connectivity index (χ4v) is 1.84. The highest BCUT2D eigenvalue weighted by Crippen LogP contribution is 2.18. The van der Waals surface area contributed by atoms with E-state index in [4.69, 9.17) is 10.5 Å². The zero-order valence-corrected chi connectivity index (χ0v) is 10.9. The predicted molar refractivity (Wildman–Crippen MR) is 73.6 cm³/mol. The van der Waals surface area contributed by atoms with E-state index in [1.165, 1.54) is 19.3 Å². The Morgan fingerprint density at radius 2 is 2.18 bits per heavy atom. The highest BCUT2D eigenvalue weighted by Gasteiger charge is 2.06. The molecule has 96 valence electrons. The van der Waals surface area contributed by atoms with Crippen molar-refractivity contribution >= 4 is 5.69 Å². The Labute approximate surface area is 104 Å². The summed E-state index contributed by atoms with van der Waals surface area (Å²) in [6, 6.07) is 8.34. The number of nitrogens with two attached hydrogens (primary N) is 1. The minimum absolute atomic E-state index is 0.355. The van der Waals surface area contributed by atoms with Crippen LogP contribution in [0.2, 0.25) is 0 Å². The third-order valence-electron chi connectivity index (χ3n) is 2.88. The summed E-state index contributed by atoms with van der Waals surface area (Å²) >= 11 is 0. The molecule has 0 aromatic heterocycles. The van der Waals surface area contributed by atoms with Crippen LogP contribution < -0.4 is 15.8 Å². The van der Waals surface area contributed by atoms with Crippen LogP contribution in [0, 0.1) is 0 Å². The van der Waals surface area contributed by atoms with Crippen molar-refractivity contribution in [3.05, 3.63) is 24.3 Å². The third kappa shape index (κ3) is 5.09. The molecule has 0 bridgehead atoms. The summed E-state index contributed by atoms with van der Waals surface area (Å²) in [6.07, 6.45) is 4.88. The molecule has 3 nitrogen and oxygen atoms in total. The summed E-state index contributed by atoms with van der Waals surface area (Å²) in [7, 11) is 1.68. The van der Waals surface area contributed by atoms with Gasteiger partial charge in [-0.2, -0.15) is 0 Å². The molecule has 0 aliphatic carbocycles. The maximum absolute atomic E-state index is 5.78. The first-order valence-corrected chi connectivity index (χ1v) is 6.40. The topological polar surface area (TPSA) is 47.3 Å². The Hall–Kier alpha value is -1.22. The molecule has 0 aliphatic heterocycles. The number of anilines is 1. The zero-order valence-electron chi connectivity index (χ0n) is 10.9. The molecule has 3 heteroatoms. The fourth-order valence-electron chi connectivity index (χ4n) is 1.84. The van der Waals surface area contributed by atoms with Crippen molar-refractivity contribution in [2.45, 2.75) is 38.6 Å². The lowest BCUT2D eigenvalue weighted by molar-refractivity contribution is 0.415. The van der Waals surface area contributed by atoms with Gasteiger partial charge in [0.05, 0.1) is 7.11 Å². The van der Waals surface area contributed by atoms with Crippen molar-refractivity contribution in [1.29, 1.82) is 0 Å². The van der Waals surface area contributed by atoms with Crippen LogP contribution in [0.1, 0.15) is 32.6 Å². The molecule has 1 rings (SSSR count). The Morgan fingerprint density at radius 3 is 2.82 bits per heavy atom. The average molecular weight is 236 g/mol. The van der Waals surface area contributed by atoms with E-state index in [1.54, 1.807) is 7.11 Å². The van der Waals surface area contributed by atoms with E-state index in [9.17, 15) is 0 Å². The van der Waals surface area contributed by atoms with Crippen LogP contribution in [0.15, 0.2) is 24.3 Å². The largest absolute Gasteiger partial charge is 0.497 e. The molecular weight excluding hydrogens is 212 g/mol. The second-order valence-electron chi connectivity index (χ2n) is 4.30. The molecule has 1 unspecified atom stereocenters. The van der Waals surface area contributed by atoms with Crippen LogP contribution in [0.25, 0.3) is 0 Å². The molecule has 3 N–H and O–H groups in total. The van der Waals surface area contributed by atoms with Gasteiger partial charge in [0.1, 0.15) is 5.75 Å². The van der Waals surface area contributed by atoms with E-state index in [1.807, 2.05) is 24.3 Å². The lowest BCUT2D eigenvalue weighted by Crippen LogP contribution is -2.28. The first kappa shape index (κ1) is 13.8. The van der Waals surface area contributed by atoms with Crippen LogP contribution in [0.3, 0.4) is 0 Å². The third-order valence-corrected chi connectivity index (χ3v) is 2.88. The van der Waals surface area contributed by atoms with Crippen molar-refractivity contribution in [2.75, 3.05) is 19.0 Å². The monoisotopic (exact) mass is 236 g/mol. The van der Waals surface area contributed by atoms with Crippen LogP contribution in [0.5, 0.6) is 5.75 Å². The number of unbranched alkanes of at least 4 members (excludes halogenated alkanes) is 2. The zero-order chi connectivity index (χ0) is 12.5. The number of ether oxygens (including phenoxy) is 1. The summed E-state index contributed by atoms with van der Waals surface area (Å²) in [6.45, 7) is 2.88. The number of benzene rings is 1. The van der Waals surface area contributed by atoms with Crippen LogP contribution >= 0.6 is 0 Å². The first-order valence-electron chi connectivity index (χ1n) is 6.40. The van der Waals surface area contributed by atoms with Gasteiger partial charge in [-0.05, 0) is 18.6 Å². The second-order valence-corrected chi connectivity index (χ2v) is 4.30. The minimum atomic E-state index is 0.355. The maximum Gasteiger partial charge on any atom is 0.120 e. The van der Waals surface area contributed by atoms with Gasteiger partial charge in [-0.3, -0.25) is 0 Å². The van der Waals surface area contributed by atoms with Gasteiger partial charge in [0.25, 0.3) is 0 Å². The van der Waals surface area contributed by atoms with Crippen molar-refractivity contribution < 1.29 is 4.74 Å². The van der Waals surface area contributed by atoms with Crippen LogP contribution in [0.4, 0.5) is 5.69 Å². The molecular formula is C14H24N2O. The maximum atomic E-state index is 5.78. The number of rotatable bonds is 8. The highest BCUT2D eigenvalue weighted by molar-refractivity contribution is 5.48. The summed E-state index contributed by atoms with van der Waals surface area (Å²) in [5.41, 5.74) is 6.86. The van der Waals surface area contributed by atoms with Crippen molar-refractivity contribution in [2.24, 2.45) is 5.73 Å². The van der Waals surface area contributed by atoms with Crippen LogP contribution in [-0.2, 0) is 0 Å². The Morgan fingerprint density at radius 1 is 1.35 bits per heavy atom. The van der Waals surface area contributed by atoms with Gasteiger partial charge in [-0.15, -0.1) is 0 Å². The van der Waals surface area contributed by atoms with E-state index in [0.29, 0.717) is 12.6 Å². The molecule has 1 atom stereocenters. The normalized spacial score (nSPS) is 12.2. The second kappa shape index (κ2) is 7.96. The number of hydrogen-bond donors (Lipinski definition) is 2. The summed E-state index contributed by atoms with van der Waals surface area (Å²) in [5, 5.41) is 3.46. The van der Waals surface area contributed by atoms with Gasteiger partial charge in [-0.1, -0.05) is 32.3 Å². The molecule has 17 heavy (non-hydrogen) atoms. The number of methoxy groups -OCH3 is 1. The molecule has 0 saturated carbocycles. The molecule has 0 spiro atoms. The SMILES string of the molecule is CCCCCC(CN)Nc1cccc(OC)c1. The molecule has 0 radical (unpaired) electrons. The first-order chi connectivity index (χ1) is 8.30. The molecule has 0 fully saturated rings. The van der Waals surface area contributed by atoms with Gasteiger partial charge in [0, 0.05) is 24.3 Å². The number of hydrogen-bond acceptors (Lipinski definition) is 3. The standard InChI is InChI=1S/C14H24N2O/c1-3-4-5-7-13(11-15)16-12-8-6-9-14(10-12)17-2/h6,8-10,13,16H,3-5,7,11,15H2,1-2H3. The summed E-state index contributed by atoms with van der Waals surface area (Å²) in [4.78, 5) is 0. The van der Waals surface area contributed by atoms with Gasteiger partial charge in [-0.25, -0.2) is 0 Å². The van der Waals surface area contributed by atoms with E-state index in [2.05, 4.69) is 12.2 Å². The van der Waals surface area contributed by atoms with Crippen molar-refractivity contribution in [1.82, 2.24) is 0 Å². The van der Waals surface area contributed by atoms with Crippen molar-refractivity contribution in [3.8, 4) is 5.75 Å². The molecule has 1 aromatic rings. The van der Waals surface area contributed by atoms with Crippen molar-refractivity contribution in [3.63, 3.8) is 0 Å². The van der Waals surface area contributed by atoms with Crippen LogP contribution in [-0.4, -0.2) is 19.7 Å². The predicted octanol–water partition coefficient (Wildman–Crippen LogP) is 3.01. The highest BCUT2D eigenvalue weighted by atomic mass is 16.5. The Bertz CT molecular complexity index is 315. The van der Waals surface area contributed by atoms with Gasteiger partial charge >= 0.3 is 0 Å². The van der Waals surface area contributed by atoms with E-state index >= 15 is 0 Å². The van der Waals surface area contributed by atoms with Gasteiger partial charge in [0.2, 0.25) is 0 Å². The van der Waals surface area contributed by atoms with E-state index in [-0.39, 0.29) is 0 Å². The molecule has 1 aromatic carbocycles. The fraction of sp³-hybridized carbons (Fsp3) is 0.571. The smallest absolute Gasteiger partial charge is 0.120 e. The Kier molecular flexibility index (Phi) is 6.48. The average Bonchev–Trinajstić information content (AvgIpc) is 2.38. The van der Waals surface area contributed by atoms with E-state index < -0.39 is 0 Å². The van der Waals surface area contributed by atoms with Gasteiger partial charge < -0.3 is 15.8 Å². The molecule has 0 aliphatic rings. The Balaban J connectivity index is 2.48. The van der Waals surface area contributed by atoms with E-state index in [0.717, 1.165) is 17.9 Å². The quantitative estimate of drug-likeness (QED) is 0.682. The molecule has 0 heterocycles. The lowest BCUT2D eigenvalue weighted by atomic mass is 10.1. The number of nitrogens with one attached hydrogen (secondary N) is 1. The molecule has 0 saturated heterocycles. The molecule has 0 amide bonds.